The van der Waals surface area contributed by atoms with Crippen molar-refractivity contribution in [2.75, 3.05) is 13.0 Å². The summed E-state index contributed by atoms with van der Waals surface area (Å²) in [5, 5.41) is -0.180. The molecule has 0 atom stereocenters. The molecule has 1 rings (SSSR count). The maximum absolute atomic E-state index is 13.0. The molecule has 1 saturated heterocycles. The molecule has 0 aromatic carbocycles. The zero-order valence-electron chi connectivity index (χ0n) is 10.1. The minimum atomic E-state index is -6.34. The first-order valence-electron chi connectivity index (χ1n) is 4.96. The highest BCUT2D eigenvalue weighted by atomic mass is 19.3. The fraction of sp³-hybridized carbons (Fsp3) is 1.00. The Labute approximate surface area is 79.2 Å². The molecule has 1 fully saturated rings. The van der Waals surface area contributed by atoms with Crippen LogP contribution in [0.15, 0.2) is 5.29 Å². The van der Waals surface area contributed by atoms with E-state index in [-0.39, 0.29) is 0 Å². The molecule has 1 aliphatic rings. The van der Waals surface area contributed by atoms with Crippen LogP contribution in [0.3, 0.4) is 0 Å². The van der Waals surface area contributed by atoms with E-state index in [1.54, 1.807) is 0 Å². The first kappa shape index (κ1) is 6.46. The molecule has 0 spiro atoms. The van der Waals surface area contributed by atoms with Crippen molar-refractivity contribution in [3.63, 3.8) is 0 Å². The monoisotopic (exact) mass is 226 g/mol. The number of nitroso groups, excluding NO2 is 1. The van der Waals surface area contributed by atoms with Gasteiger partial charge in [-0.1, -0.05) is 0 Å². The number of alkyl halides is 6. The van der Waals surface area contributed by atoms with Gasteiger partial charge in [0.15, 0.2) is 0 Å². The van der Waals surface area contributed by atoms with Crippen LogP contribution in [0.5, 0.6) is 0 Å². The summed E-state index contributed by atoms with van der Waals surface area (Å²) in [5.74, 6) is -18.4. The van der Waals surface area contributed by atoms with E-state index < -0.39 is 35.8 Å². The summed E-state index contributed by atoms with van der Waals surface area (Å²) < 4.78 is 104. The summed E-state index contributed by atoms with van der Waals surface area (Å²) in [6, 6.07) is 0. The summed E-state index contributed by atoms with van der Waals surface area (Å²) in [6.45, 7) is -9.44. The standard InChI is InChI=1S/C5H4F6N2O/c6-3(7)1-13(12-14)2-4(8,9)5(3,10)11/h1-2H2/i1D2,2D2. The van der Waals surface area contributed by atoms with Crippen molar-refractivity contribution >= 4 is 0 Å². The quantitative estimate of drug-likeness (QED) is 0.505. The third-order valence-corrected chi connectivity index (χ3v) is 1.36. The minimum absolute atomic E-state index is 1.35. The van der Waals surface area contributed by atoms with Crippen LogP contribution in [0.25, 0.3) is 0 Å². The fourth-order valence-electron chi connectivity index (χ4n) is 0.672. The Balaban J connectivity index is 3.64. The van der Waals surface area contributed by atoms with Crippen LogP contribution in [0.1, 0.15) is 5.48 Å². The van der Waals surface area contributed by atoms with Gasteiger partial charge in [0.25, 0.3) is 0 Å². The largest absolute Gasteiger partial charge is 0.375 e. The van der Waals surface area contributed by atoms with E-state index in [1.165, 1.54) is 5.29 Å². The molecule has 0 N–H and O–H groups in total. The highest BCUT2D eigenvalue weighted by Crippen LogP contribution is 2.49. The third kappa shape index (κ3) is 1.30. The molecule has 9 heteroatoms. The van der Waals surface area contributed by atoms with Crippen molar-refractivity contribution in [1.82, 2.24) is 5.01 Å². The van der Waals surface area contributed by atoms with Crippen LogP contribution < -0.4 is 0 Å². The predicted molar refractivity (Wildman–Crippen MR) is 32.2 cm³/mol. The van der Waals surface area contributed by atoms with Crippen molar-refractivity contribution in [2.45, 2.75) is 17.8 Å². The van der Waals surface area contributed by atoms with Gasteiger partial charge in [-0.3, -0.25) is 0 Å². The molecular weight excluding hydrogens is 218 g/mol. The number of hydrogen-bond acceptors (Lipinski definition) is 2. The van der Waals surface area contributed by atoms with Gasteiger partial charge in [0.2, 0.25) is 0 Å². The first-order chi connectivity index (χ1) is 7.69. The normalized spacial score (nSPS) is 40.0. The average molecular weight is 226 g/mol. The molecule has 1 aliphatic heterocycles. The van der Waals surface area contributed by atoms with Gasteiger partial charge in [-0.2, -0.15) is 26.3 Å². The lowest BCUT2D eigenvalue weighted by Crippen LogP contribution is -2.66. The lowest BCUT2D eigenvalue weighted by atomic mass is 10.00. The van der Waals surface area contributed by atoms with Crippen molar-refractivity contribution in [2.24, 2.45) is 5.29 Å². The first-order valence-corrected chi connectivity index (χ1v) is 2.96. The van der Waals surface area contributed by atoms with Crippen molar-refractivity contribution in [1.29, 1.82) is 0 Å². The van der Waals surface area contributed by atoms with E-state index >= 15 is 0 Å². The van der Waals surface area contributed by atoms with Crippen LogP contribution in [-0.2, 0) is 0 Å². The smallest absolute Gasteiger partial charge is 0.248 e. The molecule has 0 unspecified atom stereocenters. The molecule has 0 radical (unpaired) electrons. The van der Waals surface area contributed by atoms with Gasteiger partial charge in [0, 0.05) is 0 Å². The SMILES string of the molecule is [2H]C1([2H])N(N=O)C([2H])([2H])C(F)(F)C(F)(F)C1(F)F. The Morgan fingerprint density at radius 1 is 1.07 bits per heavy atom. The fourth-order valence-corrected chi connectivity index (χ4v) is 0.672. The van der Waals surface area contributed by atoms with E-state index in [0.717, 1.165) is 0 Å². The Hall–Kier alpha value is -1.02. The van der Waals surface area contributed by atoms with E-state index in [2.05, 4.69) is 0 Å². The Bertz CT molecular complexity index is 358. The van der Waals surface area contributed by atoms with Crippen LogP contribution in [0.4, 0.5) is 26.3 Å². The van der Waals surface area contributed by atoms with Crippen molar-refractivity contribution in [3.05, 3.63) is 4.91 Å². The molecule has 82 valence electrons. The van der Waals surface area contributed by atoms with Crippen molar-refractivity contribution < 1.29 is 31.8 Å². The lowest BCUT2D eigenvalue weighted by molar-refractivity contribution is -0.338. The third-order valence-electron chi connectivity index (χ3n) is 1.36. The highest BCUT2D eigenvalue weighted by Gasteiger charge is 2.75. The number of nitrogens with zero attached hydrogens (tertiary/aromatic N) is 2. The summed E-state index contributed by atoms with van der Waals surface area (Å²) in [7, 11) is 0. The second kappa shape index (κ2) is 2.74. The zero-order valence-corrected chi connectivity index (χ0v) is 6.07. The van der Waals surface area contributed by atoms with E-state index in [9.17, 15) is 31.2 Å². The lowest BCUT2D eigenvalue weighted by Gasteiger charge is -2.40. The molecular formula is C5H4F6N2O. The molecule has 0 aromatic heterocycles. The second-order valence-corrected chi connectivity index (χ2v) is 2.34. The number of piperidine rings is 1. The van der Waals surface area contributed by atoms with Gasteiger partial charge in [-0.15, -0.1) is 4.91 Å². The minimum Gasteiger partial charge on any atom is -0.248 e. The molecule has 0 aromatic rings. The molecule has 14 heavy (non-hydrogen) atoms. The molecule has 0 saturated carbocycles. The van der Waals surface area contributed by atoms with E-state index in [0.29, 0.717) is 0 Å². The highest BCUT2D eigenvalue weighted by molar-refractivity contribution is 5.03. The molecule has 0 amide bonds. The maximum atomic E-state index is 13.0. The topological polar surface area (TPSA) is 32.7 Å². The molecule has 3 nitrogen and oxygen atoms in total. The molecule has 1 heterocycles. The summed E-state index contributed by atoms with van der Waals surface area (Å²) in [6.07, 6.45) is 0. The zero-order chi connectivity index (χ0) is 14.8. The average Bonchev–Trinajstić information content (AvgIpc) is 2.15. The molecule has 0 bridgehead atoms. The molecule has 0 aliphatic carbocycles. The number of hydrogen-bond donors (Lipinski definition) is 0. The van der Waals surface area contributed by atoms with Crippen LogP contribution in [0, 0.1) is 4.91 Å². The predicted octanol–water partition coefficient (Wildman–Crippen LogP) is 1.89. The van der Waals surface area contributed by atoms with Crippen LogP contribution in [-0.4, -0.2) is 35.8 Å². The van der Waals surface area contributed by atoms with E-state index in [4.69, 9.17) is 5.48 Å². The number of halogens is 6. The van der Waals surface area contributed by atoms with Gasteiger partial charge in [0.05, 0.1) is 10.8 Å². The Kier molecular flexibility index (Phi) is 1.26. The van der Waals surface area contributed by atoms with Crippen LogP contribution >= 0.6 is 0 Å². The van der Waals surface area contributed by atoms with Gasteiger partial charge in [-0.05, 0) is 0 Å². The second-order valence-electron chi connectivity index (χ2n) is 2.34. The van der Waals surface area contributed by atoms with Gasteiger partial charge in [0.1, 0.15) is 13.0 Å². The Morgan fingerprint density at radius 2 is 1.43 bits per heavy atom. The Morgan fingerprint density at radius 3 is 1.71 bits per heavy atom. The summed E-state index contributed by atoms with van der Waals surface area (Å²) >= 11 is 0. The van der Waals surface area contributed by atoms with Gasteiger partial charge < -0.3 is 0 Å². The maximum Gasteiger partial charge on any atom is 0.375 e. The van der Waals surface area contributed by atoms with Gasteiger partial charge >= 0.3 is 17.8 Å². The number of rotatable bonds is 1. The van der Waals surface area contributed by atoms with Gasteiger partial charge in [-0.25, -0.2) is 5.01 Å². The van der Waals surface area contributed by atoms with E-state index in [1.807, 2.05) is 0 Å². The summed E-state index contributed by atoms with van der Waals surface area (Å²) in [4.78, 5) is 10.1. The van der Waals surface area contributed by atoms with Crippen molar-refractivity contribution in [3.8, 4) is 0 Å². The summed E-state index contributed by atoms with van der Waals surface area (Å²) in [5.41, 5.74) is 0. The van der Waals surface area contributed by atoms with Crippen LogP contribution in [0.2, 0.25) is 0 Å².